The first-order valence-corrected chi connectivity index (χ1v) is 7.76. The van der Waals surface area contributed by atoms with Gasteiger partial charge in [0, 0.05) is 0 Å². The van der Waals surface area contributed by atoms with E-state index in [1.807, 2.05) is 49.4 Å². The molecule has 0 aromatic heterocycles. The predicted molar refractivity (Wildman–Crippen MR) is 94.7 cm³/mol. The Morgan fingerprint density at radius 1 is 0.800 bits per heavy atom. The number of carbonyl (C=O) groups is 2. The summed E-state index contributed by atoms with van der Waals surface area (Å²) in [5, 5.41) is 0. The fourth-order valence-corrected chi connectivity index (χ4v) is 2.46. The second-order valence-corrected chi connectivity index (χ2v) is 5.47. The number of ether oxygens (including phenoxy) is 2. The molecule has 0 unspecified atom stereocenters. The summed E-state index contributed by atoms with van der Waals surface area (Å²) >= 11 is 0. The summed E-state index contributed by atoms with van der Waals surface area (Å²) < 4.78 is 10.2. The summed E-state index contributed by atoms with van der Waals surface area (Å²) in [5.74, 6) is 0.599. The van der Waals surface area contributed by atoms with Gasteiger partial charge in [-0.15, -0.1) is 0 Å². The standard InChI is InChI=1S/C21H16O4/c1-15-4-2-3-5-20(15)21(23)25-19-12-8-17(9-13-19)16-6-10-18(11-7-16)24-14-22/h2-14H,1H3. The van der Waals surface area contributed by atoms with Gasteiger partial charge in [0.15, 0.2) is 0 Å². The molecule has 3 aromatic rings. The number of carbonyl (C=O) groups excluding carboxylic acids is 2. The highest BCUT2D eigenvalue weighted by atomic mass is 16.5. The first-order valence-electron chi connectivity index (χ1n) is 7.76. The van der Waals surface area contributed by atoms with Crippen LogP contribution in [0.3, 0.4) is 0 Å². The molecule has 4 heteroatoms. The van der Waals surface area contributed by atoms with Crippen molar-refractivity contribution in [2.45, 2.75) is 6.92 Å². The van der Waals surface area contributed by atoms with Gasteiger partial charge in [-0.3, -0.25) is 4.79 Å². The molecule has 0 atom stereocenters. The minimum Gasteiger partial charge on any atom is -0.429 e. The van der Waals surface area contributed by atoms with E-state index in [0.717, 1.165) is 16.7 Å². The van der Waals surface area contributed by atoms with Crippen molar-refractivity contribution >= 4 is 12.4 Å². The van der Waals surface area contributed by atoms with E-state index in [2.05, 4.69) is 0 Å². The topological polar surface area (TPSA) is 52.6 Å². The van der Waals surface area contributed by atoms with Crippen LogP contribution in [0.25, 0.3) is 11.1 Å². The lowest BCUT2D eigenvalue weighted by Crippen LogP contribution is -2.09. The molecule has 0 aliphatic heterocycles. The summed E-state index contributed by atoms with van der Waals surface area (Å²) in [7, 11) is 0. The molecule has 4 nitrogen and oxygen atoms in total. The molecule has 0 N–H and O–H groups in total. The third-order valence-electron chi connectivity index (χ3n) is 3.80. The third kappa shape index (κ3) is 3.93. The first-order chi connectivity index (χ1) is 12.2. The molecule has 0 aliphatic carbocycles. The van der Waals surface area contributed by atoms with Crippen LogP contribution in [0.5, 0.6) is 11.5 Å². The average Bonchev–Trinajstić information content (AvgIpc) is 2.64. The lowest BCUT2D eigenvalue weighted by atomic mass is 10.1. The number of benzene rings is 3. The second-order valence-electron chi connectivity index (χ2n) is 5.47. The SMILES string of the molecule is Cc1ccccc1C(=O)Oc1ccc(-c2ccc(OC=O)cc2)cc1. The lowest BCUT2D eigenvalue weighted by Gasteiger charge is -2.08. The Hall–Kier alpha value is -3.40. The van der Waals surface area contributed by atoms with Gasteiger partial charge in [0.1, 0.15) is 11.5 Å². The van der Waals surface area contributed by atoms with E-state index >= 15 is 0 Å². The quantitative estimate of drug-likeness (QED) is 0.394. The second kappa shape index (κ2) is 7.45. The predicted octanol–water partition coefficient (Wildman–Crippen LogP) is 4.42. The van der Waals surface area contributed by atoms with E-state index in [-0.39, 0.29) is 5.97 Å². The van der Waals surface area contributed by atoms with Gasteiger partial charge in [-0.1, -0.05) is 42.5 Å². The van der Waals surface area contributed by atoms with Crippen LogP contribution in [0.2, 0.25) is 0 Å². The van der Waals surface area contributed by atoms with Crippen molar-refractivity contribution in [1.29, 1.82) is 0 Å². The maximum Gasteiger partial charge on any atom is 0.343 e. The van der Waals surface area contributed by atoms with Crippen LogP contribution >= 0.6 is 0 Å². The maximum atomic E-state index is 12.2. The van der Waals surface area contributed by atoms with Crippen LogP contribution in [-0.4, -0.2) is 12.4 Å². The molecule has 3 rings (SSSR count). The summed E-state index contributed by atoms with van der Waals surface area (Å²) in [5.41, 5.74) is 3.36. The zero-order valence-electron chi connectivity index (χ0n) is 13.6. The molecule has 25 heavy (non-hydrogen) atoms. The van der Waals surface area contributed by atoms with E-state index in [9.17, 15) is 9.59 Å². The smallest absolute Gasteiger partial charge is 0.343 e. The van der Waals surface area contributed by atoms with Crippen LogP contribution in [0.1, 0.15) is 15.9 Å². The molecule has 0 heterocycles. The highest BCUT2D eigenvalue weighted by Crippen LogP contribution is 2.25. The normalized spacial score (nSPS) is 10.1. The maximum absolute atomic E-state index is 12.2. The minimum absolute atomic E-state index is 0.374. The van der Waals surface area contributed by atoms with Gasteiger partial charge in [0.05, 0.1) is 5.56 Å². The van der Waals surface area contributed by atoms with Crippen molar-refractivity contribution in [2.75, 3.05) is 0 Å². The molecule has 0 amide bonds. The minimum atomic E-state index is -0.374. The monoisotopic (exact) mass is 332 g/mol. The van der Waals surface area contributed by atoms with Crippen LogP contribution in [0.15, 0.2) is 72.8 Å². The van der Waals surface area contributed by atoms with Crippen molar-refractivity contribution in [1.82, 2.24) is 0 Å². The Labute approximate surface area is 145 Å². The van der Waals surface area contributed by atoms with Crippen molar-refractivity contribution in [3.8, 4) is 22.6 Å². The van der Waals surface area contributed by atoms with E-state index in [0.29, 0.717) is 23.5 Å². The summed E-state index contributed by atoms with van der Waals surface area (Å²) in [6, 6.07) is 21.7. The Morgan fingerprint density at radius 3 is 1.92 bits per heavy atom. The molecule has 3 aromatic carbocycles. The molecule has 0 saturated heterocycles. The van der Waals surface area contributed by atoms with Gasteiger partial charge in [-0.25, -0.2) is 4.79 Å². The molecule has 0 saturated carbocycles. The molecule has 0 fully saturated rings. The van der Waals surface area contributed by atoms with Crippen molar-refractivity contribution < 1.29 is 19.1 Å². The van der Waals surface area contributed by atoms with Crippen molar-refractivity contribution in [2.24, 2.45) is 0 Å². The summed E-state index contributed by atoms with van der Waals surface area (Å²) in [6.07, 6.45) is 0. The Kier molecular flexibility index (Phi) is 4.90. The molecule has 0 spiro atoms. The van der Waals surface area contributed by atoms with Gasteiger partial charge in [0.25, 0.3) is 6.47 Å². The largest absolute Gasteiger partial charge is 0.429 e. The van der Waals surface area contributed by atoms with Gasteiger partial charge in [0.2, 0.25) is 0 Å². The Bertz CT molecular complexity index is 881. The van der Waals surface area contributed by atoms with Gasteiger partial charge in [-0.05, 0) is 53.9 Å². The van der Waals surface area contributed by atoms with Crippen LogP contribution < -0.4 is 9.47 Å². The van der Waals surface area contributed by atoms with Crippen LogP contribution in [-0.2, 0) is 4.79 Å². The molecule has 0 bridgehead atoms. The number of rotatable bonds is 5. The van der Waals surface area contributed by atoms with Crippen molar-refractivity contribution in [3.63, 3.8) is 0 Å². The molecular formula is C21H16O4. The number of aryl methyl sites for hydroxylation is 1. The number of esters is 1. The van der Waals surface area contributed by atoms with Gasteiger partial charge in [-0.2, -0.15) is 0 Å². The number of hydrogen-bond acceptors (Lipinski definition) is 4. The van der Waals surface area contributed by atoms with Crippen LogP contribution in [0.4, 0.5) is 0 Å². The van der Waals surface area contributed by atoms with Crippen molar-refractivity contribution in [3.05, 3.63) is 83.9 Å². The van der Waals surface area contributed by atoms with E-state index < -0.39 is 0 Å². The van der Waals surface area contributed by atoms with Gasteiger partial charge < -0.3 is 9.47 Å². The van der Waals surface area contributed by atoms with E-state index in [4.69, 9.17) is 9.47 Å². The summed E-state index contributed by atoms with van der Waals surface area (Å²) in [6.45, 7) is 2.27. The first kappa shape index (κ1) is 16.5. The highest BCUT2D eigenvalue weighted by Gasteiger charge is 2.11. The summed E-state index contributed by atoms with van der Waals surface area (Å²) in [4.78, 5) is 22.5. The molecule has 0 radical (unpaired) electrons. The Morgan fingerprint density at radius 2 is 1.36 bits per heavy atom. The zero-order valence-corrected chi connectivity index (χ0v) is 13.6. The third-order valence-corrected chi connectivity index (χ3v) is 3.80. The zero-order chi connectivity index (χ0) is 17.6. The highest BCUT2D eigenvalue weighted by molar-refractivity contribution is 5.92. The van der Waals surface area contributed by atoms with Crippen LogP contribution in [0, 0.1) is 6.92 Å². The van der Waals surface area contributed by atoms with E-state index in [1.54, 1.807) is 30.3 Å². The average molecular weight is 332 g/mol. The molecule has 0 aliphatic rings. The fraction of sp³-hybridized carbons (Fsp3) is 0.0476. The van der Waals surface area contributed by atoms with E-state index in [1.165, 1.54) is 0 Å². The Balaban J connectivity index is 1.73. The fourth-order valence-electron chi connectivity index (χ4n) is 2.46. The molecule has 124 valence electrons. The molecular weight excluding hydrogens is 316 g/mol. The lowest BCUT2D eigenvalue weighted by molar-refractivity contribution is -0.120. The number of hydrogen-bond donors (Lipinski definition) is 0. The van der Waals surface area contributed by atoms with Gasteiger partial charge >= 0.3 is 5.97 Å².